The summed E-state index contributed by atoms with van der Waals surface area (Å²) in [5.74, 6) is 0.261. The molecule has 156 valence electrons. The van der Waals surface area contributed by atoms with Crippen LogP contribution in [-0.2, 0) is 11.0 Å². The van der Waals surface area contributed by atoms with Crippen molar-refractivity contribution in [2.75, 3.05) is 6.54 Å². The summed E-state index contributed by atoms with van der Waals surface area (Å²) in [6.07, 6.45) is 0.829. The highest BCUT2D eigenvalue weighted by Gasteiger charge is 2.36. The lowest BCUT2D eigenvalue weighted by Gasteiger charge is -2.26. The summed E-state index contributed by atoms with van der Waals surface area (Å²) in [5, 5.41) is 6.60. The molecule has 0 aromatic heterocycles. The van der Waals surface area contributed by atoms with E-state index in [4.69, 9.17) is 21.3 Å². The fraction of sp³-hybridized carbons (Fsp3) is 0.174. The fourth-order valence-electron chi connectivity index (χ4n) is 2.72. The Labute approximate surface area is 183 Å². The third-order valence-electron chi connectivity index (χ3n) is 4.31. The summed E-state index contributed by atoms with van der Waals surface area (Å²) in [4.78, 5) is 0. The molecule has 30 heavy (non-hydrogen) atoms. The van der Waals surface area contributed by atoms with Gasteiger partial charge in [0.2, 0.25) is 0 Å². The van der Waals surface area contributed by atoms with E-state index in [9.17, 15) is 4.57 Å². The molecule has 0 unspecified atom stereocenters. The van der Waals surface area contributed by atoms with Crippen LogP contribution in [0.1, 0.15) is 12.5 Å². The maximum atomic E-state index is 13.7. The molecule has 3 rings (SSSR count). The Hall–Kier alpha value is -2.82. The van der Waals surface area contributed by atoms with Crippen molar-refractivity contribution in [1.29, 1.82) is 0 Å². The number of hydrogen-bond acceptors (Lipinski definition) is 4. The van der Waals surface area contributed by atoms with Gasteiger partial charge in [0.05, 0.1) is 0 Å². The number of hydrogen-bond donors (Lipinski definition) is 2. The molecule has 3 aromatic rings. The van der Waals surface area contributed by atoms with Crippen LogP contribution in [0.15, 0.2) is 91.0 Å². The van der Waals surface area contributed by atoms with E-state index in [1.54, 1.807) is 31.2 Å². The van der Waals surface area contributed by atoms with Gasteiger partial charge < -0.3 is 19.7 Å². The molecule has 0 aliphatic carbocycles. The molecule has 0 aliphatic heterocycles. The summed E-state index contributed by atoms with van der Waals surface area (Å²) in [5.41, 5.74) is 1.21. The molecule has 0 heterocycles. The molecule has 0 bridgehead atoms. The van der Waals surface area contributed by atoms with Gasteiger partial charge in [-0.25, -0.2) is 4.57 Å². The van der Waals surface area contributed by atoms with Crippen molar-refractivity contribution in [3.8, 4) is 11.5 Å². The van der Waals surface area contributed by atoms with E-state index in [2.05, 4.69) is 22.8 Å². The van der Waals surface area contributed by atoms with E-state index in [0.29, 0.717) is 23.2 Å². The first kappa shape index (κ1) is 21.9. The van der Waals surface area contributed by atoms with Gasteiger partial charge in [-0.1, -0.05) is 66.7 Å². The molecule has 7 heteroatoms. The van der Waals surface area contributed by atoms with E-state index in [0.717, 1.165) is 6.42 Å². The second-order valence-electron chi connectivity index (χ2n) is 6.66. The zero-order valence-electron chi connectivity index (χ0n) is 16.7. The van der Waals surface area contributed by atoms with Crippen LogP contribution in [0.4, 0.5) is 0 Å². The molecular weight excluding hydrogens is 415 g/mol. The quantitative estimate of drug-likeness (QED) is 0.344. The highest BCUT2D eigenvalue weighted by molar-refractivity contribution is 7.80. The first-order chi connectivity index (χ1) is 14.5. The minimum absolute atomic E-state index is 0.395. The first-order valence-electron chi connectivity index (χ1n) is 9.72. The average Bonchev–Trinajstić information content (AvgIpc) is 2.76. The van der Waals surface area contributed by atoms with Gasteiger partial charge in [0.1, 0.15) is 11.5 Å². The monoisotopic (exact) mass is 440 g/mol. The summed E-state index contributed by atoms with van der Waals surface area (Å²) in [7, 11) is -3.64. The van der Waals surface area contributed by atoms with E-state index in [-0.39, 0.29) is 0 Å². The Balaban J connectivity index is 1.64. The molecule has 0 radical (unpaired) electrons. The van der Waals surface area contributed by atoms with Crippen LogP contribution in [0, 0.1) is 0 Å². The second kappa shape index (κ2) is 10.8. The molecule has 3 aromatic carbocycles. The van der Waals surface area contributed by atoms with Gasteiger partial charge in [0.25, 0.3) is 0 Å². The predicted octanol–water partition coefficient (Wildman–Crippen LogP) is 5.39. The molecule has 5 nitrogen and oxygen atoms in total. The number of rotatable bonds is 9. The maximum Gasteiger partial charge on any atom is 0.452 e. The van der Waals surface area contributed by atoms with Crippen molar-refractivity contribution in [3.63, 3.8) is 0 Å². The van der Waals surface area contributed by atoms with Gasteiger partial charge in [-0.2, -0.15) is 0 Å². The van der Waals surface area contributed by atoms with E-state index >= 15 is 0 Å². The maximum absolute atomic E-state index is 13.7. The fourth-order valence-corrected chi connectivity index (χ4v) is 4.56. The van der Waals surface area contributed by atoms with E-state index < -0.39 is 13.4 Å². The van der Waals surface area contributed by atoms with Crippen molar-refractivity contribution in [2.45, 2.75) is 19.1 Å². The van der Waals surface area contributed by atoms with Crippen LogP contribution in [0.5, 0.6) is 11.5 Å². The number of para-hydroxylation sites is 2. The van der Waals surface area contributed by atoms with Crippen molar-refractivity contribution >= 4 is 24.9 Å². The smallest absolute Gasteiger partial charge is 0.415 e. The SMILES string of the molecule is C[C@@H](NC(=S)NCCc1ccccc1)P(=O)(Oc1ccccc1)Oc1ccccc1. The summed E-state index contributed by atoms with van der Waals surface area (Å²) in [6.45, 7) is 2.39. The van der Waals surface area contributed by atoms with Crippen LogP contribution in [0.2, 0.25) is 0 Å². The standard InChI is InChI=1S/C23H25N2O3PS/c1-19(25-23(30)24-18-17-20-11-5-2-6-12-20)29(26,27-21-13-7-3-8-14-21)28-22-15-9-4-10-16-22/h2-16,19H,17-18H2,1H3,(H2,24,25,30)/t19-/m0/s1. The number of benzene rings is 3. The minimum Gasteiger partial charge on any atom is -0.415 e. The van der Waals surface area contributed by atoms with Crippen molar-refractivity contribution in [1.82, 2.24) is 10.6 Å². The molecule has 0 spiro atoms. The molecule has 0 amide bonds. The van der Waals surface area contributed by atoms with Gasteiger partial charge in [-0.3, -0.25) is 0 Å². The van der Waals surface area contributed by atoms with E-state index in [1.807, 2.05) is 54.6 Å². The lowest BCUT2D eigenvalue weighted by atomic mass is 10.1. The van der Waals surface area contributed by atoms with Gasteiger partial charge in [-0.15, -0.1) is 0 Å². The highest BCUT2D eigenvalue weighted by atomic mass is 32.1. The topological polar surface area (TPSA) is 59.6 Å². The van der Waals surface area contributed by atoms with Crippen LogP contribution < -0.4 is 19.7 Å². The third kappa shape index (κ3) is 6.61. The highest BCUT2D eigenvalue weighted by Crippen LogP contribution is 2.51. The summed E-state index contributed by atoms with van der Waals surface area (Å²) >= 11 is 5.39. The average molecular weight is 441 g/mol. The van der Waals surface area contributed by atoms with Gasteiger partial charge in [0, 0.05) is 6.54 Å². The minimum atomic E-state index is -3.64. The van der Waals surface area contributed by atoms with Crippen LogP contribution in [0.3, 0.4) is 0 Å². The predicted molar refractivity (Wildman–Crippen MR) is 125 cm³/mol. The Bertz CT molecular complexity index is 926. The van der Waals surface area contributed by atoms with Crippen LogP contribution >= 0.6 is 19.8 Å². The summed E-state index contributed by atoms with van der Waals surface area (Å²) in [6, 6.07) is 28.1. The van der Waals surface area contributed by atoms with Gasteiger partial charge in [-0.05, 0) is 55.4 Å². The number of thiocarbonyl (C=S) groups is 1. The molecule has 1 atom stereocenters. The molecule has 0 saturated carbocycles. The number of nitrogens with one attached hydrogen (secondary N) is 2. The molecule has 2 N–H and O–H groups in total. The Kier molecular flexibility index (Phi) is 7.89. The first-order valence-corrected chi connectivity index (χ1v) is 11.7. The Morgan fingerprint density at radius 2 is 1.33 bits per heavy atom. The van der Waals surface area contributed by atoms with E-state index in [1.165, 1.54) is 5.56 Å². The van der Waals surface area contributed by atoms with Crippen molar-refractivity contribution in [2.24, 2.45) is 0 Å². The molecular formula is C23H25N2O3PS. The normalized spacial score (nSPS) is 11.9. The van der Waals surface area contributed by atoms with Crippen molar-refractivity contribution in [3.05, 3.63) is 96.6 Å². The molecule has 0 saturated heterocycles. The zero-order chi connectivity index (χ0) is 21.2. The summed E-state index contributed by atoms with van der Waals surface area (Å²) < 4.78 is 25.3. The Morgan fingerprint density at radius 1 is 0.867 bits per heavy atom. The molecule has 0 fully saturated rings. The van der Waals surface area contributed by atoms with Gasteiger partial charge >= 0.3 is 7.60 Å². The van der Waals surface area contributed by atoms with Gasteiger partial charge in [0.15, 0.2) is 10.9 Å². The lowest BCUT2D eigenvalue weighted by Crippen LogP contribution is -2.42. The molecule has 0 aliphatic rings. The van der Waals surface area contributed by atoms with Crippen LogP contribution in [-0.4, -0.2) is 17.4 Å². The van der Waals surface area contributed by atoms with Crippen LogP contribution in [0.25, 0.3) is 0 Å². The third-order valence-corrected chi connectivity index (χ3v) is 6.58. The second-order valence-corrected chi connectivity index (χ2v) is 9.29. The zero-order valence-corrected chi connectivity index (χ0v) is 18.4. The lowest BCUT2D eigenvalue weighted by molar-refractivity contribution is 0.370. The largest absolute Gasteiger partial charge is 0.452 e. The Morgan fingerprint density at radius 3 is 1.83 bits per heavy atom. The van der Waals surface area contributed by atoms with Crippen molar-refractivity contribution < 1.29 is 13.6 Å².